The average Bonchev–Trinajstić information content (AvgIpc) is 3.24. The number of nitrogens with zero attached hydrogens (tertiary/aromatic N) is 1. The maximum Gasteiger partial charge on any atom is 0.259 e. The molecule has 1 N–H and O–H groups in total. The Balaban J connectivity index is 1.77. The van der Waals surface area contributed by atoms with Gasteiger partial charge in [0.1, 0.15) is 10.8 Å². The molecule has 128 valence electrons. The van der Waals surface area contributed by atoms with Crippen LogP contribution in [0.3, 0.4) is 0 Å². The van der Waals surface area contributed by atoms with Crippen LogP contribution in [0.1, 0.15) is 20.8 Å². The Kier molecular flexibility index (Phi) is 4.58. The first kappa shape index (κ1) is 16.7. The highest BCUT2D eigenvalue weighted by molar-refractivity contribution is 7.98. The summed E-state index contributed by atoms with van der Waals surface area (Å²) in [6.07, 6.45) is 4.68. The van der Waals surface area contributed by atoms with Gasteiger partial charge in [0, 0.05) is 28.0 Å². The second-order valence-electron chi connectivity index (χ2n) is 5.66. The van der Waals surface area contributed by atoms with E-state index >= 15 is 0 Å². The first-order valence-corrected chi connectivity index (χ1v) is 10.1. The zero-order valence-electron chi connectivity index (χ0n) is 13.1. The van der Waals surface area contributed by atoms with Gasteiger partial charge in [0.05, 0.1) is 11.3 Å². The molecule has 1 amide bonds. The van der Waals surface area contributed by atoms with E-state index in [0.29, 0.717) is 10.6 Å². The van der Waals surface area contributed by atoms with Crippen LogP contribution in [0.4, 0.5) is 10.1 Å². The van der Waals surface area contributed by atoms with E-state index in [4.69, 9.17) is 11.6 Å². The van der Waals surface area contributed by atoms with Crippen LogP contribution in [0.15, 0.2) is 42.7 Å². The first-order chi connectivity index (χ1) is 12.1. The number of carbonyl (C=O) groups is 1. The minimum absolute atomic E-state index is 0.0982. The molecule has 0 saturated carbocycles. The van der Waals surface area contributed by atoms with E-state index in [-0.39, 0.29) is 11.6 Å². The molecule has 0 bridgehead atoms. The van der Waals surface area contributed by atoms with Gasteiger partial charge in [0.15, 0.2) is 0 Å². The quantitative estimate of drug-likeness (QED) is 0.649. The number of amides is 1. The number of halogens is 2. The highest BCUT2D eigenvalue weighted by Gasteiger charge is 2.26. The third-order valence-corrected chi connectivity index (χ3v) is 6.69. The van der Waals surface area contributed by atoms with Crippen molar-refractivity contribution in [2.75, 3.05) is 11.1 Å². The lowest BCUT2D eigenvalue weighted by Gasteiger charge is -2.13. The predicted octanol–water partition coefficient (Wildman–Crippen LogP) is 5.37. The van der Waals surface area contributed by atoms with Gasteiger partial charge >= 0.3 is 0 Å². The number of carbonyl (C=O) groups excluding carboxylic acids is 1. The van der Waals surface area contributed by atoms with Crippen molar-refractivity contribution in [1.82, 2.24) is 4.57 Å². The van der Waals surface area contributed by atoms with Crippen molar-refractivity contribution in [3.05, 3.63) is 69.6 Å². The molecule has 0 unspecified atom stereocenters. The second-order valence-corrected chi connectivity index (χ2v) is 8.28. The number of hydrogen-bond donors (Lipinski definition) is 1. The molecule has 0 spiro atoms. The van der Waals surface area contributed by atoms with E-state index in [9.17, 15) is 9.18 Å². The molecule has 0 atom stereocenters. The van der Waals surface area contributed by atoms with Crippen LogP contribution in [0, 0.1) is 5.82 Å². The Labute approximate surface area is 157 Å². The Morgan fingerprint density at radius 1 is 1.28 bits per heavy atom. The number of aromatic nitrogens is 1. The van der Waals surface area contributed by atoms with E-state index in [2.05, 4.69) is 5.32 Å². The molecule has 1 aliphatic rings. The monoisotopic (exact) mass is 392 g/mol. The third kappa shape index (κ3) is 3.21. The van der Waals surface area contributed by atoms with E-state index in [0.717, 1.165) is 28.5 Å². The van der Waals surface area contributed by atoms with Gasteiger partial charge in [-0.2, -0.15) is 11.8 Å². The maximum absolute atomic E-state index is 14.0. The maximum atomic E-state index is 14.0. The molecular weight excluding hydrogens is 379 g/mol. The summed E-state index contributed by atoms with van der Waals surface area (Å²) in [6.45, 7) is 0. The summed E-state index contributed by atoms with van der Waals surface area (Å²) >= 11 is 9.43. The van der Waals surface area contributed by atoms with E-state index in [1.807, 2.05) is 40.9 Å². The Hall–Kier alpha value is -1.76. The fourth-order valence-corrected chi connectivity index (χ4v) is 5.50. The zero-order chi connectivity index (χ0) is 17.4. The molecule has 1 aliphatic heterocycles. The van der Waals surface area contributed by atoms with Crippen LogP contribution < -0.4 is 5.32 Å². The number of thiophene rings is 1. The SMILES string of the molecule is O=C(Nc1cc(Cl)ccc1F)c1c(-n2cccc2)sc2c1CCSC2. The molecular formula is C18H14ClFN2OS2. The summed E-state index contributed by atoms with van der Waals surface area (Å²) < 4.78 is 15.9. The summed E-state index contributed by atoms with van der Waals surface area (Å²) in [7, 11) is 0. The highest BCUT2D eigenvalue weighted by Crippen LogP contribution is 2.38. The third-order valence-electron chi connectivity index (χ3n) is 4.04. The van der Waals surface area contributed by atoms with E-state index in [1.54, 1.807) is 11.3 Å². The summed E-state index contributed by atoms with van der Waals surface area (Å²) in [4.78, 5) is 14.2. The molecule has 0 saturated heterocycles. The lowest BCUT2D eigenvalue weighted by Crippen LogP contribution is -2.17. The molecule has 0 radical (unpaired) electrons. The van der Waals surface area contributed by atoms with Gasteiger partial charge in [-0.3, -0.25) is 4.79 Å². The van der Waals surface area contributed by atoms with Crippen molar-refractivity contribution in [3.8, 4) is 5.00 Å². The zero-order valence-corrected chi connectivity index (χ0v) is 15.5. The van der Waals surface area contributed by atoms with Gasteiger partial charge < -0.3 is 9.88 Å². The topological polar surface area (TPSA) is 34.0 Å². The van der Waals surface area contributed by atoms with Crippen LogP contribution in [0.2, 0.25) is 5.02 Å². The average molecular weight is 393 g/mol. The summed E-state index contributed by atoms with van der Waals surface area (Å²) in [6, 6.07) is 7.99. The van der Waals surface area contributed by atoms with Gasteiger partial charge in [-0.15, -0.1) is 11.3 Å². The molecule has 25 heavy (non-hydrogen) atoms. The summed E-state index contributed by atoms with van der Waals surface area (Å²) in [5.74, 6) is 1.10. The largest absolute Gasteiger partial charge is 0.319 e. The van der Waals surface area contributed by atoms with Crippen molar-refractivity contribution in [2.24, 2.45) is 0 Å². The highest BCUT2D eigenvalue weighted by atomic mass is 35.5. The lowest BCUT2D eigenvalue weighted by molar-refractivity contribution is 0.102. The van der Waals surface area contributed by atoms with Crippen LogP contribution in [0.25, 0.3) is 5.00 Å². The number of hydrogen-bond acceptors (Lipinski definition) is 3. The molecule has 0 fully saturated rings. The van der Waals surface area contributed by atoms with Gasteiger partial charge in [-0.1, -0.05) is 11.6 Å². The number of nitrogens with one attached hydrogen (secondary N) is 1. The summed E-state index contributed by atoms with van der Waals surface area (Å²) in [5, 5.41) is 3.95. The Bertz CT molecular complexity index is 937. The van der Waals surface area contributed by atoms with Gasteiger partial charge in [0.2, 0.25) is 0 Å². The minimum atomic E-state index is -0.500. The van der Waals surface area contributed by atoms with Crippen molar-refractivity contribution in [1.29, 1.82) is 0 Å². The molecule has 3 nitrogen and oxygen atoms in total. The van der Waals surface area contributed by atoms with Gasteiger partial charge in [-0.25, -0.2) is 4.39 Å². The molecule has 1 aromatic carbocycles. The number of rotatable bonds is 3. The van der Waals surface area contributed by atoms with Crippen molar-refractivity contribution in [2.45, 2.75) is 12.2 Å². The molecule has 0 aliphatic carbocycles. The molecule has 2 aromatic heterocycles. The lowest BCUT2D eigenvalue weighted by atomic mass is 10.1. The van der Waals surface area contributed by atoms with Crippen LogP contribution in [-0.2, 0) is 12.2 Å². The van der Waals surface area contributed by atoms with Crippen LogP contribution in [-0.4, -0.2) is 16.2 Å². The number of anilines is 1. The molecule has 3 aromatic rings. The molecule has 4 rings (SSSR count). The number of benzene rings is 1. The van der Waals surface area contributed by atoms with E-state index in [1.165, 1.54) is 23.1 Å². The first-order valence-electron chi connectivity index (χ1n) is 7.75. The Morgan fingerprint density at radius 3 is 2.88 bits per heavy atom. The van der Waals surface area contributed by atoms with Crippen molar-refractivity contribution < 1.29 is 9.18 Å². The summed E-state index contributed by atoms with van der Waals surface area (Å²) in [5.41, 5.74) is 1.81. The van der Waals surface area contributed by atoms with Gasteiger partial charge in [0.25, 0.3) is 5.91 Å². The van der Waals surface area contributed by atoms with Crippen molar-refractivity contribution >= 4 is 46.3 Å². The minimum Gasteiger partial charge on any atom is -0.319 e. The smallest absolute Gasteiger partial charge is 0.259 e. The molecule has 7 heteroatoms. The fraction of sp³-hybridized carbons (Fsp3) is 0.167. The Morgan fingerprint density at radius 2 is 2.08 bits per heavy atom. The number of thioether (sulfide) groups is 1. The fourth-order valence-electron chi connectivity index (χ4n) is 2.88. The number of fused-ring (bicyclic) bond motifs is 1. The molecule has 3 heterocycles. The van der Waals surface area contributed by atoms with Crippen LogP contribution >= 0.6 is 34.7 Å². The second kappa shape index (κ2) is 6.86. The van der Waals surface area contributed by atoms with Gasteiger partial charge in [-0.05, 0) is 48.1 Å². The predicted molar refractivity (Wildman–Crippen MR) is 103 cm³/mol. The van der Waals surface area contributed by atoms with E-state index < -0.39 is 5.82 Å². The van der Waals surface area contributed by atoms with Crippen molar-refractivity contribution in [3.63, 3.8) is 0 Å². The van der Waals surface area contributed by atoms with Crippen LogP contribution in [0.5, 0.6) is 0 Å². The normalized spacial score (nSPS) is 13.5. The standard InChI is InChI=1S/C18H14ClFN2OS2/c19-11-3-4-13(20)14(9-11)21-17(23)16-12-5-8-24-10-15(12)25-18(16)22-6-1-2-7-22/h1-4,6-7,9H,5,8,10H2,(H,21,23).